The summed E-state index contributed by atoms with van der Waals surface area (Å²) in [6.07, 6.45) is 10.2. The second-order valence-corrected chi connectivity index (χ2v) is 19.8. The van der Waals surface area contributed by atoms with Crippen LogP contribution in [0.5, 0.6) is 17.2 Å². The molecule has 2 amide bonds. The van der Waals surface area contributed by atoms with Crippen LogP contribution < -0.4 is 40.2 Å². The van der Waals surface area contributed by atoms with Crippen LogP contribution in [0.15, 0.2) is 72.8 Å². The Morgan fingerprint density at radius 2 is 1.50 bits per heavy atom. The zero-order valence-corrected chi connectivity index (χ0v) is 40.5. The lowest BCUT2D eigenvalue weighted by molar-refractivity contribution is -0.120. The molecule has 0 bridgehead atoms. The fourth-order valence-electron chi connectivity index (χ4n) is 11.9. The minimum Gasteiger partial charge on any atom is -0.497 e. The van der Waals surface area contributed by atoms with Crippen LogP contribution in [0.2, 0.25) is 5.02 Å². The smallest absolute Gasteiger partial charge is 0.336 e. The number of aromatic nitrogens is 1. The number of nitrogens with one attached hydrogen (secondary N) is 2. The lowest BCUT2D eigenvalue weighted by atomic mass is 9.81. The highest BCUT2D eigenvalue weighted by atomic mass is 35.5. The summed E-state index contributed by atoms with van der Waals surface area (Å²) in [6.45, 7) is 6.83. The van der Waals surface area contributed by atoms with Gasteiger partial charge in [-0.2, -0.15) is 0 Å². The molecular weight excluding hydrogens is 902 g/mol. The first-order valence-electron chi connectivity index (χ1n) is 24.9. The Labute approximate surface area is 411 Å². The predicted molar refractivity (Wildman–Crippen MR) is 271 cm³/mol. The van der Waals surface area contributed by atoms with Gasteiger partial charge in [-0.15, -0.1) is 0 Å². The zero-order chi connectivity index (χ0) is 48.2. The second kappa shape index (κ2) is 18.8. The number of aryl methyl sites for hydroxylation is 2. The number of aromatic carboxylic acids is 1. The number of hydrogen-bond acceptors (Lipinski definition) is 7. The Hall–Kier alpha value is -6.92. The van der Waals surface area contributed by atoms with E-state index < -0.39 is 5.97 Å². The van der Waals surface area contributed by atoms with Gasteiger partial charge in [0.15, 0.2) is 0 Å². The Morgan fingerprint density at radius 3 is 2.29 bits per heavy atom. The van der Waals surface area contributed by atoms with Crippen molar-refractivity contribution < 1.29 is 33.8 Å². The average molecular weight is 960 g/mol. The fraction of sp³-hybridized carbons (Fsp3) is 0.351. The first-order valence-corrected chi connectivity index (χ1v) is 25.3. The third-order valence-electron chi connectivity index (χ3n) is 15.1. The van der Waals surface area contributed by atoms with Crippen molar-refractivity contribution in [2.24, 2.45) is 0 Å². The molecule has 5 aromatic carbocycles. The molecule has 6 aromatic rings. The van der Waals surface area contributed by atoms with Crippen LogP contribution in [-0.4, -0.2) is 79.7 Å². The zero-order valence-electron chi connectivity index (χ0n) is 39.8. The van der Waals surface area contributed by atoms with Crippen LogP contribution in [0.3, 0.4) is 0 Å². The SMILES string of the molecule is COc1ccc2c(c1)c(CC(=O)NCCCCCNC(=O)c1ccc(C3=c4cc5c6c(c4Oc4c3cc3c7c4CCCN7CCC3)CCC[N+]=6CCC5)c(C(=O)O)c1)c(C)n2C(=O)c1ccc(Cl)cc1. The Morgan fingerprint density at radius 1 is 0.771 bits per heavy atom. The molecule has 5 aliphatic heterocycles. The van der Waals surface area contributed by atoms with Gasteiger partial charge in [0.05, 0.1) is 30.2 Å². The Balaban J connectivity index is 0.785. The van der Waals surface area contributed by atoms with Crippen molar-refractivity contribution in [3.05, 3.63) is 150 Å². The molecule has 1 aromatic heterocycles. The number of halogens is 1. The van der Waals surface area contributed by atoms with Gasteiger partial charge in [0, 0.05) is 99.4 Å². The molecule has 70 heavy (non-hydrogen) atoms. The average Bonchev–Trinajstić information content (AvgIpc) is 3.64. The molecule has 6 heterocycles. The molecule has 0 radical (unpaired) electrons. The summed E-state index contributed by atoms with van der Waals surface area (Å²) in [5, 5.41) is 20.5. The minimum atomic E-state index is -1.09. The quantitative estimate of drug-likeness (QED) is 0.0790. The maximum absolute atomic E-state index is 13.7. The maximum Gasteiger partial charge on any atom is 0.336 e. The van der Waals surface area contributed by atoms with Crippen molar-refractivity contribution in [3.63, 3.8) is 0 Å². The highest BCUT2D eigenvalue weighted by Gasteiger charge is 2.37. The fourth-order valence-corrected chi connectivity index (χ4v) is 12.0. The van der Waals surface area contributed by atoms with Crippen LogP contribution in [0.25, 0.3) is 16.5 Å². The van der Waals surface area contributed by atoms with E-state index in [0.29, 0.717) is 59.0 Å². The number of benzene rings is 5. The van der Waals surface area contributed by atoms with E-state index in [4.69, 9.17) is 21.1 Å². The molecule has 0 fully saturated rings. The monoisotopic (exact) mass is 958 g/mol. The number of fused-ring (bicyclic) bond motifs is 5. The van der Waals surface area contributed by atoms with Crippen LogP contribution in [0.4, 0.5) is 5.69 Å². The second-order valence-electron chi connectivity index (χ2n) is 19.3. The number of amides is 2. The van der Waals surface area contributed by atoms with Crippen molar-refractivity contribution in [1.29, 1.82) is 0 Å². The minimum absolute atomic E-state index is 0.0825. The molecule has 0 unspecified atom stereocenters. The van der Waals surface area contributed by atoms with Gasteiger partial charge in [-0.3, -0.25) is 19.0 Å². The lowest BCUT2D eigenvalue weighted by Crippen LogP contribution is -2.45. The van der Waals surface area contributed by atoms with Gasteiger partial charge >= 0.3 is 5.97 Å². The molecule has 12 nitrogen and oxygen atoms in total. The molecule has 358 valence electrons. The molecule has 11 rings (SSSR count). The highest BCUT2D eigenvalue weighted by Crippen LogP contribution is 2.49. The van der Waals surface area contributed by atoms with Crippen molar-refractivity contribution in [2.75, 3.05) is 51.3 Å². The summed E-state index contributed by atoms with van der Waals surface area (Å²) in [6, 6.07) is 21.9. The highest BCUT2D eigenvalue weighted by molar-refractivity contribution is 6.30. The summed E-state index contributed by atoms with van der Waals surface area (Å²) >= 11 is 6.09. The van der Waals surface area contributed by atoms with E-state index in [1.807, 2.05) is 25.1 Å². The molecular formula is C57H57ClN5O7+. The normalized spacial score (nSPS) is 15.3. The van der Waals surface area contributed by atoms with Crippen molar-refractivity contribution in [1.82, 2.24) is 19.8 Å². The first-order chi connectivity index (χ1) is 34.1. The number of rotatable bonds is 13. The summed E-state index contributed by atoms with van der Waals surface area (Å²) in [7, 11) is 1.58. The van der Waals surface area contributed by atoms with Gasteiger partial charge in [-0.05, 0) is 148 Å². The van der Waals surface area contributed by atoms with Gasteiger partial charge in [0.1, 0.15) is 30.3 Å². The molecule has 5 aliphatic rings. The molecule has 0 spiro atoms. The third-order valence-corrected chi connectivity index (χ3v) is 15.4. The van der Waals surface area contributed by atoms with Gasteiger partial charge < -0.3 is 30.1 Å². The van der Waals surface area contributed by atoms with Crippen molar-refractivity contribution in [2.45, 2.75) is 84.0 Å². The van der Waals surface area contributed by atoms with Crippen LogP contribution in [0, 0.1) is 6.92 Å². The van der Waals surface area contributed by atoms with E-state index in [2.05, 4.69) is 32.2 Å². The van der Waals surface area contributed by atoms with E-state index in [-0.39, 0.29) is 35.3 Å². The number of carboxylic acids is 1. The predicted octanol–water partition coefficient (Wildman–Crippen LogP) is 7.69. The van der Waals surface area contributed by atoms with Gasteiger partial charge in [-0.25, -0.2) is 9.37 Å². The Bertz CT molecular complexity index is 3310. The molecule has 0 aliphatic carbocycles. The summed E-state index contributed by atoms with van der Waals surface area (Å²) in [5.74, 6) is 0.540. The number of unbranched alkanes of at least 4 members (excludes halogenated alkanes) is 2. The largest absolute Gasteiger partial charge is 0.497 e. The molecule has 0 atom stereocenters. The van der Waals surface area contributed by atoms with Gasteiger partial charge in [0.2, 0.25) is 11.3 Å². The number of anilines is 1. The number of hydrogen-bond donors (Lipinski definition) is 3. The van der Waals surface area contributed by atoms with Crippen molar-refractivity contribution >= 4 is 57.5 Å². The van der Waals surface area contributed by atoms with Crippen molar-refractivity contribution in [3.8, 4) is 17.2 Å². The summed E-state index contributed by atoms with van der Waals surface area (Å²) in [4.78, 5) is 56.6. The molecule has 0 saturated heterocycles. The maximum atomic E-state index is 13.7. The van der Waals surface area contributed by atoms with E-state index in [1.54, 1.807) is 48.1 Å². The summed E-state index contributed by atoms with van der Waals surface area (Å²) < 4.78 is 16.8. The van der Waals surface area contributed by atoms with Crippen LogP contribution in [-0.2, 0) is 36.9 Å². The van der Waals surface area contributed by atoms with E-state index in [9.17, 15) is 24.3 Å². The number of methoxy groups -OCH3 is 1. The number of carbonyl (C=O) groups is 4. The topological polar surface area (TPSA) is 142 Å². The number of ether oxygens (including phenoxy) is 2. The molecule has 0 saturated carbocycles. The molecule has 3 N–H and O–H groups in total. The van der Waals surface area contributed by atoms with Crippen LogP contribution in [0.1, 0.15) is 121 Å². The number of nitrogens with zero attached hydrogens (tertiary/aromatic N) is 3. The third kappa shape index (κ3) is 8.09. The Kier molecular flexibility index (Phi) is 12.2. The lowest BCUT2D eigenvalue weighted by Gasteiger charge is -2.39. The molecule has 13 heteroatoms. The van der Waals surface area contributed by atoms with E-state index in [0.717, 1.165) is 123 Å². The summed E-state index contributed by atoms with van der Waals surface area (Å²) in [5.41, 5.74) is 11.7. The number of carboxylic acid groups (broad SMARTS) is 1. The van der Waals surface area contributed by atoms with Crippen LogP contribution >= 0.6 is 11.6 Å². The van der Waals surface area contributed by atoms with Gasteiger partial charge in [0.25, 0.3) is 11.8 Å². The number of carbonyl (C=O) groups excluding carboxylic acids is 3. The first kappa shape index (κ1) is 45.5. The van der Waals surface area contributed by atoms with Gasteiger partial charge in [-0.1, -0.05) is 17.7 Å². The van der Waals surface area contributed by atoms with E-state index >= 15 is 0 Å². The van der Waals surface area contributed by atoms with E-state index in [1.165, 1.54) is 39.4 Å². The standard InChI is InChI=1S/C57H56ClN5O7/c1-33-43(44-31-39(69-2)19-21-48(44)63(33)56(66)34-14-17-38(58)18-15-34)32-49(64)59-22-4-3-5-23-60-55(65)37-16-20-40(45(30-37)57(67)68)50-46-28-35-10-6-24-61-26-8-12-41(51(35)61)53(46)70-54-42-13-9-27-62-25-7-11-36(52(42)62)29-47(50)54/h14-21,28-31H,3-13,22-27,32H2,1-2H3,(H2-,59,60,64,65,67,68)/p+1.